The SMILES string of the molecule is C=COCCCCOC(=O)OCCOCCOCCOC(=O)OCCCCOC=C. The van der Waals surface area contributed by atoms with Crippen molar-refractivity contribution in [3.8, 4) is 0 Å². The van der Waals surface area contributed by atoms with Crippen molar-refractivity contribution in [2.75, 3.05) is 66.1 Å². The van der Waals surface area contributed by atoms with Crippen molar-refractivity contribution in [3.63, 3.8) is 0 Å². The highest BCUT2D eigenvalue weighted by Crippen LogP contribution is 1.95. The topological polar surface area (TPSA) is 108 Å². The van der Waals surface area contributed by atoms with Crippen LogP contribution < -0.4 is 0 Å². The molecule has 0 aliphatic carbocycles. The Morgan fingerprint density at radius 2 is 0.833 bits per heavy atom. The van der Waals surface area contributed by atoms with Gasteiger partial charge in [0, 0.05) is 0 Å². The third kappa shape index (κ3) is 21.8. The summed E-state index contributed by atoms with van der Waals surface area (Å²) in [6, 6.07) is 0. The van der Waals surface area contributed by atoms with Gasteiger partial charge >= 0.3 is 12.3 Å². The lowest BCUT2D eigenvalue weighted by Crippen LogP contribution is -2.16. The Bertz CT molecular complexity index is 401. The fourth-order valence-corrected chi connectivity index (χ4v) is 1.83. The molecule has 10 heteroatoms. The van der Waals surface area contributed by atoms with Crippen LogP contribution in [0.5, 0.6) is 0 Å². The van der Waals surface area contributed by atoms with E-state index in [0.29, 0.717) is 39.3 Å². The lowest BCUT2D eigenvalue weighted by atomic mass is 10.3. The molecule has 0 aliphatic heterocycles. The molecule has 0 aromatic carbocycles. The molecule has 0 aromatic rings. The summed E-state index contributed by atoms with van der Waals surface area (Å²) in [7, 11) is 0. The molecule has 0 atom stereocenters. The number of carbonyl (C=O) groups is 2. The zero-order chi connectivity index (χ0) is 22.1. The number of carbonyl (C=O) groups excluding carboxylic acids is 2. The minimum absolute atomic E-state index is 0.0904. The first-order valence-corrected chi connectivity index (χ1v) is 9.90. The highest BCUT2D eigenvalue weighted by molar-refractivity contribution is 5.60. The molecule has 0 bridgehead atoms. The van der Waals surface area contributed by atoms with Crippen LogP contribution in [-0.2, 0) is 37.9 Å². The molecule has 0 spiro atoms. The monoisotopic (exact) mass is 434 g/mol. The molecule has 0 unspecified atom stereocenters. The van der Waals surface area contributed by atoms with Gasteiger partial charge in [-0.1, -0.05) is 13.2 Å². The minimum atomic E-state index is -0.728. The third-order valence-corrected chi connectivity index (χ3v) is 3.26. The zero-order valence-electron chi connectivity index (χ0n) is 17.6. The van der Waals surface area contributed by atoms with E-state index in [9.17, 15) is 9.59 Å². The van der Waals surface area contributed by atoms with Crippen molar-refractivity contribution < 1.29 is 47.5 Å². The van der Waals surface area contributed by atoms with E-state index in [0.717, 1.165) is 12.8 Å². The molecule has 0 saturated carbocycles. The normalized spacial score (nSPS) is 10.0. The van der Waals surface area contributed by atoms with Crippen LogP contribution in [0.4, 0.5) is 9.59 Å². The van der Waals surface area contributed by atoms with E-state index in [2.05, 4.69) is 13.2 Å². The Balaban J connectivity index is 3.24. The molecular weight excluding hydrogens is 400 g/mol. The summed E-state index contributed by atoms with van der Waals surface area (Å²) in [5.74, 6) is 0. The van der Waals surface area contributed by atoms with Gasteiger partial charge in [0.2, 0.25) is 0 Å². The van der Waals surface area contributed by atoms with E-state index >= 15 is 0 Å². The van der Waals surface area contributed by atoms with Crippen molar-refractivity contribution in [2.24, 2.45) is 0 Å². The number of hydrogen-bond acceptors (Lipinski definition) is 10. The van der Waals surface area contributed by atoms with E-state index in [1.54, 1.807) is 0 Å². The molecule has 0 rings (SSSR count). The molecule has 0 fully saturated rings. The fraction of sp³-hybridized carbons (Fsp3) is 0.700. The van der Waals surface area contributed by atoms with Crippen LogP contribution in [0.2, 0.25) is 0 Å². The number of hydrogen-bond donors (Lipinski definition) is 0. The van der Waals surface area contributed by atoms with Gasteiger partial charge in [0.15, 0.2) is 0 Å². The first kappa shape index (κ1) is 27.5. The molecule has 0 heterocycles. The van der Waals surface area contributed by atoms with Crippen LogP contribution in [-0.4, -0.2) is 78.4 Å². The largest absolute Gasteiger partial charge is 0.508 e. The van der Waals surface area contributed by atoms with Crippen molar-refractivity contribution in [1.29, 1.82) is 0 Å². The molecule has 10 nitrogen and oxygen atoms in total. The highest BCUT2D eigenvalue weighted by atomic mass is 16.7. The van der Waals surface area contributed by atoms with Gasteiger partial charge in [-0.15, -0.1) is 0 Å². The summed E-state index contributed by atoms with van der Waals surface area (Å²) >= 11 is 0. The minimum Gasteiger partial charge on any atom is -0.502 e. The molecule has 0 N–H and O–H groups in total. The third-order valence-electron chi connectivity index (χ3n) is 3.26. The molecular formula is C20H34O10. The standard InChI is InChI=1S/C20H34O10/c1-3-23-9-5-7-11-27-19(21)29-17-15-25-13-14-26-16-18-30-20(22)28-12-8-6-10-24-4-2/h3-4H,1-2,5-18H2. The maximum absolute atomic E-state index is 11.3. The van der Waals surface area contributed by atoms with Gasteiger partial charge in [-0.3, -0.25) is 0 Å². The molecule has 0 aromatic heterocycles. The van der Waals surface area contributed by atoms with E-state index in [1.165, 1.54) is 12.5 Å². The predicted molar refractivity (Wildman–Crippen MR) is 107 cm³/mol. The second kappa shape index (κ2) is 22.8. The summed E-state index contributed by atoms with van der Waals surface area (Å²) < 4.78 is 39.8. The number of rotatable bonds is 21. The van der Waals surface area contributed by atoms with Crippen molar-refractivity contribution in [1.82, 2.24) is 0 Å². The fourth-order valence-electron chi connectivity index (χ4n) is 1.83. The average molecular weight is 434 g/mol. The Hall–Kier alpha value is -2.46. The van der Waals surface area contributed by atoms with Gasteiger partial charge < -0.3 is 37.9 Å². The van der Waals surface area contributed by atoms with Crippen molar-refractivity contribution in [2.45, 2.75) is 25.7 Å². The summed E-state index contributed by atoms with van der Waals surface area (Å²) in [5.41, 5.74) is 0. The summed E-state index contributed by atoms with van der Waals surface area (Å²) in [4.78, 5) is 22.6. The molecule has 0 saturated heterocycles. The summed E-state index contributed by atoms with van der Waals surface area (Å²) in [5, 5.41) is 0. The van der Waals surface area contributed by atoms with E-state index < -0.39 is 12.3 Å². The van der Waals surface area contributed by atoms with Crippen LogP contribution >= 0.6 is 0 Å². The van der Waals surface area contributed by atoms with Gasteiger partial charge in [0.25, 0.3) is 0 Å². The van der Waals surface area contributed by atoms with Gasteiger partial charge in [0.05, 0.1) is 65.4 Å². The number of unbranched alkanes of at least 4 members (excludes halogenated alkanes) is 2. The van der Waals surface area contributed by atoms with Crippen LogP contribution in [0.25, 0.3) is 0 Å². The predicted octanol–water partition coefficient (Wildman–Crippen LogP) is 3.21. The van der Waals surface area contributed by atoms with Crippen LogP contribution in [0, 0.1) is 0 Å². The lowest BCUT2D eigenvalue weighted by Gasteiger charge is -2.08. The van der Waals surface area contributed by atoms with E-state index in [1.807, 2.05) is 0 Å². The Morgan fingerprint density at radius 1 is 0.500 bits per heavy atom. The van der Waals surface area contributed by atoms with Gasteiger partial charge in [-0.2, -0.15) is 0 Å². The molecule has 0 amide bonds. The second-order valence-corrected chi connectivity index (χ2v) is 5.61. The Morgan fingerprint density at radius 3 is 1.23 bits per heavy atom. The smallest absolute Gasteiger partial charge is 0.502 e. The molecule has 30 heavy (non-hydrogen) atoms. The van der Waals surface area contributed by atoms with Crippen LogP contribution in [0.3, 0.4) is 0 Å². The maximum Gasteiger partial charge on any atom is 0.508 e. The lowest BCUT2D eigenvalue weighted by molar-refractivity contribution is -0.00503. The van der Waals surface area contributed by atoms with Crippen LogP contribution in [0.15, 0.2) is 25.7 Å². The van der Waals surface area contributed by atoms with Gasteiger partial charge in [-0.05, 0) is 25.7 Å². The van der Waals surface area contributed by atoms with E-state index in [4.69, 9.17) is 37.9 Å². The van der Waals surface area contributed by atoms with Gasteiger partial charge in [-0.25, -0.2) is 9.59 Å². The average Bonchev–Trinajstić information content (AvgIpc) is 2.74. The first-order valence-electron chi connectivity index (χ1n) is 9.90. The first-order chi connectivity index (χ1) is 14.7. The molecule has 174 valence electrons. The molecule has 0 aliphatic rings. The van der Waals surface area contributed by atoms with E-state index in [-0.39, 0.29) is 39.6 Å². The highest BCUT2D eigenvalue weighted by Gasteiger charge is 2.04. The zero-order valence-corrected chi connectivity index (χ0v) is 17.6. The second-order valence-electron chi connectivity index (χ2n) is 5.61. The Labute approximate surface area is 178 Å². The maximum atomic E-state index is 11.3. The summed E-state index contributed by atoms with van der Waals surface area (Å²) in [6.45, 7) is 9.76. The quantitative estimate of drug-likeness (QED) is 0.152. The van der Waals surface area contributed by atoms with Gasteiger partial charge in [0.1, 0.15) is 13.2 Å². The molecule has 0 radical (unpaired) electrons. The van der Waals surface area contributed by atoms with Crippen molar-refractivity contribution >= 4 is 12.3 Å². The number of ether oxygens (including phenoxy) is 8. The van der Waals surface area contributed by atoms with Crippen molar-refractivity contribution in [3.05, 3.63) is 25.7 Å². The Kier molecular flexibility index (Phi) is 21.0. The van der Waals surface area contributed by atoms with Crippen LogP contribution in [0.1, 0.15) is 25.7 Å². The summed E-state index contributed by atoms with van der Waals surface area (Å²) in [6.07, 6.45) is 4.18.